The van der Waals surface area contributed by atoms with E-state index in [0.29, 0.717) is 0 Å². The summed E-state index contributed by atoms with van der Waals surface area (Å²) in [4.78, 5) is 51.6. The predicted octanol–water partition coefficient (Wildman–Crippen LogP) is 4.17. The number of halogens is 2. The van der Waals surface area contributed by atoms with Crippen molar-refractivity contribution in [2.24, 2.45) is 5.92 Å². The van der Waals surface area contributed by atoms with Gasteiger partial charge >= 0.3 is 12.0 Å². The van der Waals surface area contributed by atoms with Crippen LogP contribution in [0, 0.1) is 5.92 Å². The third kappa shape index (κ3) is 8.71. The number of alkyl halides is 2. The molecule has 0 bridgehead atoms. The lowest BCUT2D eigenvalue weighted by Gasteiger charge is -2.34. The highest BCUT2D eigenvalue weighted by atomic mass is 28.3. The molecule has 2 aromatic carbocycles. The average Bonchev–Trinajstić information content (AvgIpc) is 2.88. The normalized spacial score (nSPS) is 14.1. The molecule has 0 heterocycles. The Morgan fingerprint density at radius 3 is 1.97 bits per heavy atom. The van der Waals surface area contributed by atoms with Crippen molar-refractivity contribution in [1.29, 1.82) is 0 Å². The predicted molar refractivity (Wildman–Crippen MR) is 147 cm³/mol. The third-order valence-electron chi connectivity index (χ3n) is 5.96. The Morgan fingerprint density at radius 1 is 0.923 bits per heavy atom. The van der Waals surface area contributed by atoms with Crippen LogP contribution in [0.3, 0.4) is 0 Å². The summed E-state index contributed by atoms with van der Waals surface area (Å²) in [5.74, 6) is -9.34. The summed E-state index contributed by atoms with van der Waals surface area (Å²) in [5.41, 5.74) is -1.51. The quantitative estimate of drug-likeness (QED) is 0.266. The maximum absolute atomic E-state index is 15.3. The number of alkyl carbamates (subject to hydrolysis) is 1. The van der Waals surface area contributed by atoms with Crippen LogP contribution in [0.25, 0.3) is 0 Å². The lowest BCUT2D eigenvalue weighted by Crippen LogP contribution is -2.63. The van der Waals surface area contributed by atoms with Crippen molar-refractivity contribution < 1.29 is 32.7 Å². The van der Waals surface area contributed by atoms with Gasteiger partial charge in [0.25, 0.3) is 5.91 Å². The smallest absolute Gasteiger partial charge is 0.408 e. The molecule has 0 aliphatic carbocycles. The fourth-order valence-electron chi connectivity index (χ4n) is 3.66. The number of amides is 3. The highest BCUT2D eigenvalue weighted by Gasteiger charge is 2.56. The zero-order valence-electron chi connectivity index (χ0n) is 23.1. The van der Waals surface area contributed by atoms with Crippen molar-refractivity contribution in [3.05, 3.63) is 71.8 Å². The summed E-state index contributed by atoms with van der Waals surface area (Å²) in [6, 6.07) is 15.1. The minimum atomic E-state index is -4.44. The van der Waals surface area contributed by atoms with Crippen molar-refractivity contribution in [1.82, 2.24) is 16.0 Å². The molecule has 0 spiro atoms. The van der Waals surface area contributed by atoms with Crippen LogP contribution in [0.4, 0.5) is 13.6 Å². The van der Waals surface area contributed by atoms with E-state index >= 15 is 8.78 Å². The fraction of sp³-hybridized carbons (Fsp3) is 0.429. The number of hydrogen-bond donors (Lipinski definition) is 3. The molecule has 0 saturated carbocycles. The molecule has 8 nitrogen and oxygen atoms in total. The van der Waals surface area contributed by atoms with Gasteiger partial charge in [-0.2, -0.15) is 8.78 Å². The highest BCUT2D eigenvalue weighted by Crippen LogP contribution is 2.31. The van der Waals surface area contributed by atoms with E-state index in [2.05, 4.69) is 16.0 Å². The van der Waals surface area contributed by atoms with Gasteiger partial charge in [-0.05, 0) is 24.0 Å². The van der Waals surface area contributed by atoms with Gasteiger partial charge in [-0.15, -0.1) is 0 Å². The molecule has 0 aromatic heterocycles. The fourth-order valence-corrected chi connectivity index (χ4v) is 4.35. The maximum Gasteiger partial charge on any atom is 0.408 e. The molecule has 39 heavy (non-hydrogen) atoms. The van der Waals surface area contributed by atoms with E-state index in [-0.39, 0.29) is 18.3 Å². The SMILES string of the molecule is CC(C)[C@H](NC(=O)OCc1ccccc1)C(=O)NC(C)(C(=O)C(F)(F)C(=O)NC[Si](C)(C)C)c1ccccc1. The van der Waals surface area contributed by atoms with Crippen molar-refractivity contribution >= 4 is 31.8 Å². The minimum absolute atomic E-state index is 0.0436. The zero-order chi connectivity index (χ0) is 29.4. The molecule has 212 valence electrons. The van der Waals surface area contributed by atoms with Gasteiger partial charge in [0.05, 0.1) is 8.07 Å². The van der Waals surface area contributed by atoms with Gasteiger partial charge in [0.15, 0.2) is 0 Å². The second-order valence-corrected chi connectivity index (χ2v) is 16.5. The zero-order valence-corrected chi connectivity index (χ0v) is 24.1. The second-order valence-electron chi connectivity index (χ2n) is 11.1. The first-order valence-corrected chi connectivity index (χ1v) is 16.3. The Kier molecular flexibility index (Phi) is 10.5. The summed E-state index contributed by atoms with van der Waals surface area (Å²) in [6.07, 6.45) is -0.843. The van der Waals surface area contributed by atoms with E-state index in [0.717, 1.165) is 12.5 Å². The van der Waals surface area contributed by atoms with Crippen LogP contribution in [0.1, 0.15) is 31.9 Å². The first-order chi connectivity index (χ1) is 18.1. The molecule has 1 unspecified atom stereocenters. The molecule has 0 saturated heterocycles. The standard InChI is InChI=1S/C28H37F2N3O5Si/c1-19(2)22(32-26(37)38-17-20-13-9-7-10-14-20)23(34)33-27(3,21-15-11-8-12-16-21)24(35)28(29,30)25(36)31-18-39(4,5)6/h7-16,19,22H,17-18H2,1-6H3,(H,31,36)(H,32,37)(H,33,34)/t22-,27?/m0/s1. The molecular formula is C28H37F2N3O5Si. The monoisotopic (exact) mass is 561 g/mol. The van der Waals surface area contributed by atoms with Crippen LogP contribution in [0.5, 0.6) is 0 Å². The number of nitrogens with one attached hydrogen (secondary N) is 3. The van der Waals surface area contributed by atoms with Crippen LogP contribution in [-0.2, 0) is 31.3 Å². The van der Waals surface area contributed by atoms with Crippen LogP contribution in [0.15, 0.2) is 60.7 Å². The van der Waals surface area contributed by atoms with Crippen molar-refractivity contribution in [3.8, 4) is 0 Å². The van der Waals surface area contributed by atoms with Gasteiger partial charge in [0, 0.05) is 6.17 Å². The van der Waals surface area contributed by atoms with E-state index in [4.69, 9.17) is 4.74 Å². The molecule has 3 amide bonds. The molecule has 0 aliphatic heterocycles. The molecule has 0 radical (unpaired) electrons. The Labute approximate surface area is 228 Å². The summed E-state index contributed by atoms with van der Waals surface area (Å²) < 4.78 is 35.7. The van der Waals surface area contributed by atoms with Gasteiger partial charge < -0.3 is 20.7 Å². The summed E-state index contributed by atoms with van der Waals surface area (Å²) in [7, 11) is -1.94. The van der Waals surface area contributed by atoms with Gasteiger partial charge in [-0.3, -0.25) is 14.4 Å². The van der Waals surface area contributed by atoms with E-state index in [1.54, 1.807) is 44.2 Å². The highest BCUT2D eigenvalue weighted by molar-refractivity contribution is 6.76. The van der Waals surface area contributed by atoms with E-state index < -0.39 is 55.2 Å². The maximum atomic E-state index is 15.3. The van der Waals surface area contributed by atoms with Crippen molar-refractivity contribution in [3.63, 3.8) is 0 Å². The van der Waals surface area contributed by atoms with Crippen molar-refractivity contribution in [2.45, 2.75) is 64.5 Å². The molecule has 3 N–H and O–H groups in total. The van der Waals surface area contributed by atoms with Crippen LogP contribution in [-0.4, -0.2) is 49.9 Å². The average molecular weight is 562 g/mol. The number of carbonyl (C=O) groups is 4. The molecule has 2 atom stereocenters. The number of ketones is 1. The largest absolute Gasteiger partial charge is 0.445 e. The summed E-state index contributed by atoms with van der Waals surface area (Å²) in [5, 5.41) is 7.03. The molecule has 11 heteroatoms. The lowest BCUT2D eigenvalue weighted by atomic mass is 9.83. The number of Topliss-reactive ketones (excluding diaryl/α,β-unsaturated/α-hetero) is 1. The van der Waals surface area contributed by atoms with E-state index in [9.17, 15) is 19.2 Å². The summed E-state index contributed by atoms with van der Waals surface area (Å²) >= 11 is 0. The molecule has 2 rings (SSSR count). The first kappa shape index (κ1) is 31.6. The van der Waals surface area contributed by atoms with E-state index in [1.807, 2.05) is 25.7 Å². The van der Waals surface area contributed by atoms with Crippen LogP contribution in [0.2, 0.25) is 19.6 Å². The van der Waals surface area contributed by atoms with E-state index in [1.165, 1.54) is 24.3 Å². The molecule has 2 aromatic rings. The number of hydrogen-bond acceptors (Lipinski definition) is 5. The van der Waals surface area contributed by atoms with Crippen LogP contribution >= 0.6 is 0 Å². The number of rotatable bonds is 12. The van der Waals surface area contributed by atoms with Crippen LogP contribution < -0.4 is 16.0 Å². The Balaban J connectivity index is 2.29. The second kappa shape index (κ2) is 13.0. The van der Waals surface area contributed by atoms with Gasteiger partial charge in [-0.25, -0.2) is 4.79 Å². The van der Waals surface area contributed by atoms with Crippen molar-refractivity contribution in [2.75, 3.05) is 6.17 Å². The third-order valence-corrected chi connectivity index (χ3v) is 7.20. The first-order valence-electron chi connectivity index (χ1n) is 12.6. The number of benzene rings is 2. The molecule has 0 fully saturated rings. The Morgan fingerprint density at radius 2 is 1.46 bits per heavy atom. The molecular weight excluding hydrogens is 524 g/mol. The Hall–Kier alpha value is -3.60. The lowest BCUT2D eigenvalue weighted by molar-refractivity contribution is -0.163. The Bertz CT molecular complexity index is 1160. The number of carbonyl (C=O) groups excluding carboxylic acids is 4. The van der Waals surface area contributed by atoms with Gasteiger partial charge in [0.1, 0.15) is 18.2 Å². The molecule has 0 aliphatic rings. The topological polar surface area (TPSA) is 114 Å². The minimum Gasteiger partial charge on any atom is -0.445 e. The van der Waals surface area contributed by atoms with Gasteiger partial charge in [-0.1, -0.05) is 94.2 Å². The summed E-state index contributed by atoms with van der Waals surface area (Å²) in [6.45, 7) is 10.00. The van der Waals surface area contributed by atoms with Gasteiger partial charge in [0.2, 0.25) is 11.7 Å². The number of ether oxygens (including phenoxy) is 1.